The van der Waals surface area contributed by atoms with Crippen molar-refractivity contribution in [1.82, 2.24) is 0 Å². The number of rotatable bonds is 4. The van der Waals surface area contributed by atoms with E-state index in [1.54, 1.807) is 11.8 Å². The molecular formula is C32H24OS. The summed E-state index contributed by atoms with van der Waals surface area (Å²) in [7, 11) is 0. The SMILES string of the molecule is Cc1ccc(Sc2ccc(C3(c4ccccc4)C=Cc4c(ccc5ccccc45)O3)cc2)cc1. The molecule has 1 nitrogen and oxygen atoms in total. The predicted octanol–water partition coefficient (Wildman–Crippen LogP) is 8.65. The van der Waals surface area contributed by atoms with Crippen LogP contribution in [0.5, 0.6) is 5.75 Å². The van der Waals surface area contributed by atoms with E-state index >= 15 is 0 Å². The van der Waals surface area contributed by atoms with Crippen LogP contribution in [0.3, 0.4) is 0 Å². The summed E-state index contributed by atoms with van der Waals surface area (Å²) < 4.78 is 6.88. The van der Waals surface area contributed by atoms with Crippen molar-refractivity contribution in [3.8, 4) is 5.75 Å². The van der Waals surface area contributed by atoms with Gasteiger partial charge in [-0.1, -0.05) is 102 Å². The normalized spacial score (nSPS) is 16.7. The Morgan fingerprint density at radius 3 is 2.03 bits per heavy atom. The molecule has 0 radical (unpaired) electrons. The molecule has 0 aliphatic carbocycles. The van der Waals surface area contributed by atoms with Crippen LogP contribution in [0, 0.1) is 6.92 Å². The van der Waals surface area contributed by atoms with Gasteiger partial charge in [-0.25, -0.2) is 0 Å². The van der Waals surface area contributed by atoms with E-state index in [-0.39, 0.29) is 0 Å². The van der Waals surface area contributed by atoms with Crippen molar-refractivity contribution < 1.29 is 4.74 Å². The summed E-state index contributed by atoms with van der Waals surface area (Å²) in [6.45, 7) is 2.12. The maximum absolute atomic E-state index is 6.88. The second kappa shape index (κ2) is 8.55. The highest BCUT2D eigenvalue weighted by Crippen LogP contribution is 2.44. The van der Waals surface area contributed by atoms with Crippen LogP contribution in [0.15, 0.2) is 131 Å². The number of aryl methyl sites for hydroxylation is 1. The molecule has 6 rings (SSSR count). The molecule has 164 valence electrons. The highest BCUT2D eigenvalue weighted by Gasteiger charge is 2.37. The summed E-state index contributed by atoms with van der Waals surface area (Å²) in [5.41, 5.74) is 3.96. The standard InChI is InChI=1S/C32H24OS/c1-23-11-16-27(17-12-23)34-28-18-14-26(15-19-28)32(25-8-3-2-4-9-25)22-21-30-29-10-6-5-7-24(29)13-20-31(30)33-32/h2-22H,1H3. The first-order valence-electron chi connectivity index (χ1n) is 11.5. The molecule has 0 saturated heterocycles. The van der Waals surface area contributed by atoms with Crippen LogP contribution in [0.1, 0.15) is 22.3 Å². The van der Waals surface area contributed by atoms with Crippen molar-refractivity contribution in [1.29, 1.82) is 0 Å². The third kappa shape index (κ3) is 3.70. The van der Waals surface area contributed by atoms with Crippen molar-refractivity contribution in [2.45, 2.75) is 22.3 Å². The van der Waals surface area contributed by atoms with Gasteiger partial charge in [0.25, 0.3) is 0 Å². The Labute approximate surface area is 204 Å². The number of benzene rings is 5. The fraction of sp³-hybridized carbons (Fsp3) is 0.0625. The second-order valence-corrected chi connectivity index (χ2v) is 9.82. The van der Waals surface area contributed by atoms with E-state index in [9.17, 15) is 0 Å². The van der Waals surface area contributed by atoms with Gasteiger partial charge in [-0.05, 0) is 60.2 Å². The molecule has 0 aromatic heterocycles. The first-order chi connectivity index (χ1) is 16.7. The molecule has 0 bridgehead atoms. The van der Waals surface area contributed by atoms with Crippen molar-refractivity contribution in [2.24, 2.45) is 0 Å². The quantitative estimate of drug-likeness (QED) is 0.268. The molecule has 0 N–H and O–H groups in total. The lowest BCUT2D eigenvalue weighted by molar-refractivity contribution is 0.161. The lowest BCUT2D eigenvalue weighted by atomic mass is 9.83. The van der Waals surface area contributed by atoms with Crippen molar-refractivity contribution in [3.63, 3.8) is 0 Å². The first-order valence-corrected chi connectivity index (χ1v) is 12.3. The lowest BCUT2D eigenvalue weighted by Gasteiger charge is -2.36. The minimum absolute atomic E-state index is 0.677. The molecule has 1 aliphatic heterocycles. The van der Waals surface area contributed by atoms with Gasteiger partial charge < -0.3 is 4.74 Å². The van der Waals surface area contributed by atoms with E-state index in [0.29, 0.717) is 0 Å². The fourth-order valence-electron chi connectivity index (χ4n) is 4.62. The zero-order chi connectivity index (χ0) is 23.0. The largest absolute Gasteiger partial charge is 0.473 e. The minimum atomic E-state index is -0.677. The lowest BCUT2D eigenvalue weighted by Crippen LogP contribution is -2.34. The van der Waals surface area contributed by atoms with Gasteiger partial charge in [0.05, 0.1) is 0 Å². The van der Waals surface area contributed by atoms with E-state index < -0.39 is 5.60 Å². The van der Waals surface area contributed by atoms with E-state index in [1.807, 2.05) is 6.07 Å². The van der Waals surface area contributed by atoms with Crippen molar-refractivity contribution >= 4 is 28.6 Å². The highest BCUT2D eigenvalue weighted by molar-refractivity contribution is 7.99. The Kier molecular flexibility index (Phi) is 5.24. The molecule has 0 fully saturated rings. The number of hydrogen-bond acceptors (Lipinski definition) is 2. The maximum atomic E-state index is 6.88. The van der Waals surface area contributed by atoms with Crippen LogP contribution >= 0.6 is 11.8 Å². The molecule has 0 spiro atoms. The third-order valence-electron chi connectivity index (χ3n) is 6.43. The van der Waals surface area contributed by atoms with Gasteiger partial charge in [0.1, 0.15) is 5.75 Å². The third-order valence-corrected chi connectivity index (χ3v) is 7.44. The Morgan fingerprint density at radius 1 is 0.618 bits per heavy atom. The summed E-state index contributed by atoms with van der Waals surface area (Å²) in [6.07, 6.45) is 4.43. The summed E-state index contributed by atoms with van der Waals surface area (Å²) >= 11 is 1.78. The molecule has 1 aliphatic rings. The van der Waals surface area contributed by atoms with Gasteiger partial charge in [0.15, 0.2) is 5.60 Å². The second-order valence-electron chi connectivity index (χ2n) is 8.68. The van der Waals surface area contributed by atoms with E-state index in [4.69, 9.17) is 4.74 Å². The van der Waals surface area contributed by atoms with Gasteiger partial charge in [-0.2, -0.15) is 0 Å². The predicted molar refractivity (Wildman–Crippen MR) is 143 cm³/mol. The minimum Gasteiger partial charge on any atom is -0.473 e. The van der Waals surface area contributed by atoms with Crippen LogP contribution in [0.2, 0.25) is 0 Å². The number of fused-ring (bicyclic) bond motifs is 3. The summed E-state index contributed by atoms with van der Waals surface area (Å²) in [5.74, 6) is 0.906. The monoisotopic (exact) mass is 456 g/mol. The number of hydrogen-bond donors (Lipinski definition) is 0. The van der Waals surface area contributed by atoms with Crippen LogP contribution in [-0.4, -0.2) is 0 Å². The molecular weight excluding hydrogens is 432 g/mol. The average Bonchev–Trinajstić information content (AvgIpc) is 2.90. The average molecular weight is 457 g/mol. The van der Waals surface area contributed by atoms with Gasteiger partial charge in [0.2, 0.25) is 0 Å². The zero-order valence-corrected chi connectivity index (χ0v) is 19.8. The molecule has 0 saturated carbocycles. The van der Waals surface area contributed by atoms with Crippen molar-refractivity contribution in [2.75, 3.05) is 0 Å². The maximum Gasteiger partial charge on any atom is 0.178 e. The Morgan fingerprint density at radius 2 is 1.26 bits per heavy atom. The van der Waals surface area contributed by atoms with Gasteiger partial charge in [0, 0.05) is 26.5 Å². The van der Waals surface area contributed by atoms with E-state index in [2.05, 4.69) is 128 Å². The zero-order valence-electron chi connectivity index (χ0n) is 18.9. The van der Waals surface area contributed by atoms with Crippen LogP contribution < -0.4 is 4.74 Å². The first kappa shape index (κ1) is 20.8. The summed E-state index contributed by atoms with van der Waals surface area (Å²) in [4.78, 5) is 2.45. The van der Waals surface area contributed by atoms with Crippen LogP contribution in [-0.2, 0) is 5.60 Å². The molecule has 1 unspecified atom stereocenters. The van der Waals surface area contributed by atoms with Crippen LogP contribution in [0.4, 0.5) is 0 Å². The topological polar surface area (TPSA) is 9.23 Å². The van der Waals surface area contributed by atoms with E-state index in [0.717, 1.165) is 22.4 Å². The summed E-state index contributed by atoms with van der Waals surface area (Å²) in [6, 6.07) is 40.6. The van der Waals surface area contributed by atoms with Gasteiger partial charge in [-0.15, -0.1) is 0 Å². The Hall–Kier alpha value is -3.75. The fourth-order valence-corrected chi connectivity index (χ4v) is 5.44. The van der Waals surface area contributed by atoms with Crippen LogP contribution in [0.25, 0.3) is 16.8 Å². The molecule has 5 aromatic rings. The highest BCUT2D eigenvalue weighted by atomic mass is 32.2. The number of ether oxygens (including phenoxy) is 1. The molecule has 1 atom stereocenters. The van der Waals surface area contributed by atoms with E-state index in [1.165, 1.54) is 26.1 Å². The Balaban J connectivity index is 1.41. The smallest absolute Gasteiger partial charge is 0.178 e. The Bertz CT molecular complexity index is 1480. The molecule has 34 heavy (non-hydrogen) atoms. The van der Waals surface area contributed by atoms with Gasteiger partial charge in [-0.3, -0.25) is 0 Å². The molecule has 0 amide bonds. The molecule has 2 heteroatoms. The molecule has 1 heterocycles. The summed E-state index contributed by atoms with van der Waals surface area (Å²) in [5, 5.41) is 2.43. The van der Waals surface area contributed by atoms with Gasteiger partial charge >= 0.3 is 0 Å². The molecule has 5 aromatic carbocycles. The van der Waals surface area contributed by atoms with Crippen molar-refractivity contribution in [3.05, 3.63) is 144 Å².